The molecule has 0 spiro atoms. The number of aromatic amines is 1. The summed E-state index contributed by atoms with van der Waals surface area (Å²) in [5.41, 5.74) is 0.981. The predicted octanol–water partition coefficient (Wildman–Crippen LogP) is 1.71. The lowest BCUT2D eigenvalue weighted by Gasteiger charge is -2.06. The molecule has 3 rings (SSSR count). The van der Waals surface area contributed by atoms with Gasteiger partial charge in [-0.1, -0.05) is 0 Å². The van der Waals surface area contributed by atoms with E-state index in [-0.39, 0.29) is 10.6 Å². The van der Waals surface area contributed by atoms with Crippen molar-refractivity contribution in [2.75, 3.05) is 4.72 Å². The Morgan fingerprint density at radius 1 is 1.39 bits per heavy atom. The average Bonchev–Trinajstić information content (AvgIpc) is 3.02. The van der Waals surface area contributed by atoms with Crippen LogP contribution in [0, 0.1) is 6.92 Å². The molecule has 23 heavy (non-hydrogen) atoms. The Balaban J connectivity index is 1.96. The Kier molecular flexibility index (Phi) is 3.37. The second kappa shape index (κ2) is 5.13. The normalized spacial score (nSPS) is 11.7. The van der Waals surface area contributed by atoms with Gasteiger partial charge in [-0.05, 0) is 25.1 Å². The summed E-state index contributed by atoms with van der Waals surface area (Å²) in [5.74, 6) is -0.468. The Morgan fingerprint density at radius 2 is 2.13 bits per heavy atom. The third-order valence-electron chi connectivity index (χ3n) is 3.53. The van der Waals surface area contributed by atoms with E-state index in [9.17, 15) is 13.2 Å². The number of aromatic nitrogens is 3. The molecule has 0 aliphatic rings. The van der Waals surface area contributed by atoms with Crippen LogP contribution in [-0.4, -0.2) is 34.0 Å². The van der Waals surface area contributed by atoms with Gasteiger partial charge in [0.15, 0.2) is 5.03 Å². The summed E-state index contributed by atoms with van der Waals surface area (Å²) in [6.45, 7) is 1.71. The summed E-state index contributed by atoms with van der Waals surface area (Å²) < 4.78 is 28.7. The molecule has 0 radical (unpaired) electrons. The smallest absolute Gasteiger partial charge is 0.337 e. The van der Waals surface area contributed by atoms with Crippen molar-refractivity contribution in [2.45, 2.75) is 11.9 Å². The molecule has 0 saturated heterocycles. The molecule has 1 aromatic carbocycles. The fourth-order valence-electron chi connectivity index (χ4n) is 2.23. The number of nitrogens with zero attached hydrogens (tertiary/aromatic N) is 2. The van der Waals surface area contributed by atoms with Crippen LogP contribution in [0.3, 0.4) is 0 Å². The van der Waals surface area contributed by atoms with Crippen LogP contribution in [-0.2, 0) is 17.1 Å². The van der Waals surface area contributed by atoms with Gasteiger partial charge in [0.25, 0.3) is 10.0 Å². The number of anilines is 1. The summed E-state index contributed by atoms with van der Waals surface area (Å²) in [5, 5.41) is 9.50. The number of fused-ring (bicyclic) bond motifs is 1. The standard InChI is InChI=1S/C14H14N4O4S/c1-8-16-13(7-18(8)2)23(21,22)17-9-3-4-10-11(14(19)20)6-15-12(10)5-9/h3-7,15,17H,1-2H3,(H,19,20). The maximum atomic E-state index is 12.3. The summed E-state index contributed by atoms with van der Waals surface area (Å²) in [6, 6.07) is 4.60. The fourth-order valence-corrected chi connectivity index (χ4v) is 3.32. The van der Waals surface area contributed by atoms with E-state index in [1.807, 2.05) is 0 Å². The highest BCUT2D eigenvalue weighted by Crippen LogP contribution is 2.23. The maximum Gasteiger partial charge on any atom is 0.337 e. The van der Waals surface area contributed by atoms with Crippen LogP contribution >= 0.6 is 0 Å². The number of carboxylic acid groups (broad SMARTS) is 1. The number of aryl methyl sites for hydroxylation is 2. The quantitative estimate of drug-likeness (QED) is 0.671. The van der Waals surface area contributed by atoms with Gasteiger partial charge in [-0.15, -0.1) is 0 Å². The van der Waals surface area contributed by atoms with Gasteiger partial charge >= 0.3 is 5.97 Å². The lowest BCUT2D eigenvalue weighted by atomic mass is 10.1. The molecule has 8 nitrogen and oxygen atoms in total. The van der Waals surface area contributed by atoms with E-state index in [0.29, 0.717) is 22.4 Å². The van der Waals surface area contributed by atoms with Crippen molar-refractivity contribution in [2.24, 2.45) is 7.05 Å². The Labute approximate surface area is 131 Å². The first-order valence-electron chi connectivity index (χ1n) is 6.65. The molecule has 2 aromatic heterocycles. The average molecular weight is 334 g/mol. The molecule has 0 bridgehead atoms. The zero-order valence-corrected chi connectivity index (χ0v) is 13.2. The maximum absolute atomic E-state index is 12.3. The van der Waals surface area contributed by atoms with Crippen LogP contribution in [0.15, 0.2) is 35.6 Å². The minimum Gasteiger partial charge on any atom is -0.478 e. The molecule has 0 atom stereocenters. The Hall–Kier alpha value is -2.81. The van der Waals surface area contributed by atoms with E-state index < -0.39 is 16.0 Å². The second-order valence-electron chi connectivity index (χ2n) is 5.11. The van der Waals surface area contributed by atoms with Crippen molar-refractivity contribution in [1.82, 2.24) is 14.5 Å². The fraction of sp³-hybridized carbons (Fsp3) is 0.143. The van der Waals surface area contributed by atoms with Gasteiger partial charge in [-0.3, -0.25) is 4.72 Å². The number of carboxylic acids is 1. The van der Waals surface area contributed by atoms with Gasteiger partial charge in [-0.2, -0.15) is 8.42 Å². The third-order valence-corrected chi connectivity index (χ3v) is 4.78. The van der Waals surface area contributed by atoms with Crippen molar-refractivity contribution in [3.8, 4) is 0 Å². The largest absolute Gasteiger partial charge is 0.478 e. The minimum absolute atomic E-state index is 0.0738. The van der Waals surface area contributed by atoms with E-state index in [0.717, 1.165) is 0 Å². The SMILES string of the molecule is Cc1nc(S(=O)(=O)Nc2ccc3c(C(=O)O)c[nH]c3c2)cn1C. The predicted molar refractivity (Wildman–Crippen MR) is 84.0 cm³/mol. The highest BCUT2D eigenvalue weighted by Gasteiger charge is 2.19. The Morgan fingerprint density at radius 3 is 2.74 bits per heavy atom. The molecule has 0 aliphatic heterocycles. The lowest BCUT2D eigenvalue weighted by molar-refractivity contribution is 0.0699. The number of rotatable bonds is 4. The summed E-state index contributed by atoms with van der Waals surface area (Å²) in [6.07, 6.45) is 2.79. The van der Waals surface area contributed by atoms with Crippen LogP contribution in [0.2, 0.25) is 0 Å². The van der Waals surface area contributed by atoms with Crippen molar-refractivity contribution in [3.63, 3.8) is 0 Å². The molecular formula is C14H14N4O4S. The lowest BCUT2D eigenvalue weighted by Crippen LogP contribution is -2.13. The van der Waals surface area contributed by atoms with E-state index in [4.69, 9.17) is 5.11 Å². The molecule has 0 saturated carbocycles. The van der Waals surface area contributed by atoms with E-state index in [2.05, 4.69) is 14.7 Å². The first-order valence-corrected chi connectivity index (χ1v) is 8.13. The number of hydrogen-bond acceptors (Lipinski definition) is 4. The van der Waals surface area contributed by atoms with Crippen LogP contribution in [0.4, 0.5) is 5.69 Å². The van der Waals surface area contributed by atoms with Gasteiger partial charge in [0.2, 0.25) is 0 Å². The highest BCUT2D eigenvalue weighted by atomic mass is 32.2. The monoisotopic (exact) mass is 334 g/mol. The van der Waals surface area contributed by atoms with Gasteiger partial charge in [0.05, 0.1) is 11.3 Å². The number of imidazole rings is 1. The molecule has 0 aliphatic carbocycles. The van der Waals surface area contributed by atoms with Crippen molar-refractivity contribution in [3.05, 3.63) is 42.0 Å². The van der Waals surface area contributed by atoms with Crippen LogP contribution in [0.25, 0.3) is 10.9 Å². The highest BCUT2D eigenvalue weighted by molar-refractivity contribution is 7.92. The van der Waals surface area contributed by atoms with Crippen LogP contribution in [0.5, 0.6) is 0 Å². The molecule has 0 fully saturated rings. The number of H-pyrrole nitrogens is 1. The van der Waals surface area contributed by atoms with Crippen LogP contribution in [0.1, 0.15) is 16.2 Å². The molecule has 0 unspecified atom stereocenters. The van der Waals surface area contributed by atoms with Gasteiger partial charge < -0.3 is 14.7 Å². The zero-order valence-electron chi connectivity index (χ0n) is 12.4. The molecular weight excluding hydrogens is 320 g/mol. The number of sulfonamides is 1. The molecule has 3 aromatic rings. The zero-order chi connectivity index (χ0) is 16.8. The van der Waals surface area contributed by atoms with E-state index in [1.54, 1.807) is 24.6 Å². The molecule has 0 amide bonds. The topological polar surface area (TPSA) is 117 Å². The Bertz CT molecular complexity index is 997. The molecule has 2 heterocycles. The molecule has 9 heteroatoms. The third kappa shape index (κ3) is 2.66. The first kappa shape index (κ1) is 15.1. The number of aromatic carboxylic acids is 1. The molecule has 3 N–H and O–H groups in total. The van der Waals surface area contributed by atoms with Crippen molar-refractivity contribution in [1.29, 1.82) is 0 Å². The van der Waals surface area contributed by atoms with Gasteiger partial charge in [0.1, 0.15) is 5.82 Å². The number of benzene rings is 1. The number of nitrogens with one attached hydrogen (secondary N) is 2. The van der Waals surface area contributed by atoms with E-state index >= 15 is 0 Å². The molecule has 120 valence electrons. The number of carbonyl (C=O) groups is 1. The van der Waals surface area contributed by atoms with Gasteiger partial charge in [0, 0.05) is 30.3 Å². The second-order valence-corrected chi connectivity index (χ2v) is 6.74. The summed E-state index contributed by atoms with van der Waals surface area (Å²) in [7, 11) is -2.10. The number of hydrogen-bond donors (Lipinski definition) is 3. The van der Waals surface area contributed by atoms with Crippen molar-refractivity contribution >= 4 is 32.6 Å². The summed E-state index contributed by atoms with van der Waals surface area (Å²) in [4.78, 5) is 17.9. The van der Waals surface area contributed by atoms with E-state index in [1.165, 1.54) is 24.5 Å². The van der Waals surface area contributed by atoms with Crippen molar-refractivity contribution < 1.29 is 18.3 Å². The van der Waals surface area contributed by atoms with Gasteiger partial charge in [-0.25, -0.2) is 9.78 Å². The van der Waals surface area contributed by atoms with Crippen LogP contribution < -0.4 is 4.72 Å². The first-order chi connectivity index (χ1) is 10.8. The minimum atomic E-state index is -3.81. The summed E-state index contributed by atoms with van der Waals surface area (Å²) >= 11 is 0.